The van der Waals surface area contributed by atoms with Crippen molar-refractivity contribution in [3.63, 3.8) is 0 Å². The van der Waals surface area contributed by atoms with E-state index in [2.05, 4.69) is 185 Å². The Morgan fingerprint density at radius 3 is 1.98 bits per heavy atom. The van der Waals surface area contributed by atoms with Crippen LogP contribution in [0, 0.1) is 13.8 Å². The third-order valence-electron chi connectivity index (χ3n) is 10.2. The van der Waals surface area contributed by atoms with E-state index < -0.39 is 0 Å². The van der Waals surface area contributed by atoms with Crippen LogP contribution in [0.15, 0.2) is 175 Å². The molecule has 51 heavy (non-hydrogen) atoms. The minimum atomic E-state index is 0.927. The molecule has 5 aromatic carbocycles. The average molecular weight is 660 g/mol. The predicted octanol–water partition coefficient (Wildman–Crippen LogP) is 13.7. The molecule has 2 aliphatic rings. The highest BCUT2D eigenvalue weighted by atomic mass is 14.8. The first-order valence-corrected chi connectivity index (χ1v) is 18.1. The van der Waals surface area contributed by atoms with Crippen LogP contribution in [0.4, 0.5) is 0 Å². The van der Waals surface area contributed by atoms with E-state index in [-0.39, 0.29) is 0 Å². The number of nitrogens with zero attached hydrogens (tertiary/aromatic N) is 1. The average Bonchev–Trinajstić information content (AvgIpc) is 3.19. The maximum Gasteiger partial charge on any atom is 0.0711 e. The molecule has 5 aromatic rings. The van der Waals surface area contributed by atoms with Gasteiger partial charge in [-0.25, -0.2) is 0 Å². The van der Waals surface area contributed by atoms with Gasteiger partial charge in [-0.2, -0.15) is 0 Å². The smallest absolute Gasteiger partial charge is 0.0711 e. The maximum atomic E-state index is 5.20. The van der Waals surface area contributed by atoms with E-state index in [1.54, 1.807) is 0 Å². The largest absolute Gasteiger partial charge is 0.253 e. The van der Waals surface area contributed by atoms with Crippen LogP contribution in [0.5, 0.6) is 0 Å². The van der Waals surface area contributed by atoms with Gasteiger partial charge in [-0.05, 0) is 125 Å². The number of aryl methyl sites for hydroxylation is 1. The van der Waals surface area contributed by atoms with Crippen molar-refractivity contribution < 1.29 is 0 Å². The molecular weight excluding hydrogens is 615 g/mol. The molecule has 1 heteroatoms. The molecular formula is C50H45N. The van der Waals surface area contributed by atoms with Crippen molar-refractivity contribution >= 4 is 28.1 Å². The minimum Gasteiger partial charge on any atom is -0.253 e. The molecule has 0 fully saturated rings. The highest BCUT2D eigenvalue weighted by Gasteiger charge is 2.18. The van der Waals surface area contributed by atoms with Gasteiger partial charge in [-0.1, -0.05) is 158 Å². The molecule has 0 radical (unpaired) electrons. The summed E-state index contributed by atoms with van der Waals surface area (Å²) in [5.41, 5.74) is 19.4. The molecule has 250 valence electrons. The van der Waals surface area contributed by atoms with Gasteiger partial charge in [-0.3, -0.25) is 4.99 Å². The third-order valence-corrected chi connectivity index (χ3v) is 10.2. The third kappa shape index (κ3) is 7.54. The molecule has 0 aromatic heterocycles. The first-order valence-electron chi connectivity index (χ1n) is 18.1. The van der Waals surface area contributed by atoms with Gasteiger partial charge in [-0.15, -0.1) is 0 Å². The van der Waals surface area contributed by atoms with Crippen LogP contribution >= 0.6 is 0 Å². The van der Waals surface area contributed by atoms with Gasteiger partial charge >= 0.3 is 0 Å². The Morgan fingerprint density at radius 1 is 0.627 bits per heavy atom. The number of hydrogen-bond acceptors (Lipinski definition) is 1. The number of benzene rings is 5. The van der Waals surface area contributed by atoms with E-state index in [0.29, 0.717) is 0 Å². The van der Waals surface area contributed by atoms with Crippen LogP contribution in [-0.2, 0) is 0 Å². The lowest BCUT2D eigenvalue weighted by Crippen LogP contribution is -2.01. The summed E-state index contributed by atoms with van der Waals surface area (Å²) < 4.78 is 0. The summed E-state index contributed by atoms with van der Waals surface area (Å²) in [5.74, 6) is 0. The first kappa shape index (κ1) is 33.7. The Labute approximate surface area is 304 Å². The summed E-state index contributed by atoms with van der Waals surface area (Å²) in [7, 11) is 0. The van der Waals surface area contributed by atoms with Crippen LogP contribution < -0.4 is 0 Å². The molecule has 7 rings (SSSR count). The van der Waals surface area contributed by atoms with Gasteiger partial charge in [0.2, 0.25) is 0 Å². The molecule has 0 aliphatic heterocycles. The quantitative estimate of drug-likeness (QED) is 0.110. The van der Waals surface area contributed by atoms with Gasteiger partial charge in [0.15, 0.2) is 0 Å². The summed E-state index contributed by atoms with van der Waals surface area (Å²) in [5, 5.41) is 0. The van der Waals surface area contributed by atoms with Crippen molar-refractivity contribution in [3.8, 4) is 22.3 Å². The zero-order valence-electron chi connectivity index (χ0n) is 30.0. The Balaban J connectivity index is 1.21. The molecule has 0 unspecified atom stereocenters. The predicted molar refractivity (Wildman–Crippen MR) is 221 cm³/mol. The van der Waals surface area contributed by atoms with Gasteiger partial charge in [0, 0.05) is 11.3 Å². The molecule has 0 atom stereocenters. The molecule has 0 amide bonds. The fourth-order valence-electron chi connectivity index (χ4n) is 7.35. The summed E-state index contributed by atoms with van der Waals surface area (Å²) >= 11 is 0. The van der Waals surface area contributed by atoms with E-state index in [1.807, 2.05) is 0 Å². The van der Waals surface area contributed by atoms with E-state index in [0.717, 1.165) is 53.8 Å². The Hall–Kier alpha value is -5.79. The fraction of sp³-hybridized carbons (Fsp3) is 0.140. The second-order valence-electron chi connectivity index (χ2n) is 13.6. The zero-order chi connectivity index (χ0) is 35.2. The summed E-state index contributed by atoms with van der Waals surface area (Å²) in [4.78, 5) is 5.20. The number of rotatable bonds is 9. The van der Waals surface area contributed by atoms with Crippen LogP contribution in [0.1, 0.15) is 66.0 Å². The highest BCUT2D eigenvalue weighted by Crippen LogP contribution is 2.40. The lowest BCUT2D eigenvalue weighted by atomic mass is 9.83. The van der Waals surface area contributed by atoms with Crippen molar-refractivity contribution in [1.29, 1.82) is 0 Å². The van der Waals surface area contributed by atoms with Crippen LogP contribution in [0.25, 0.3) is 44.7 Å². The standard InChI is InChI=1S/C50H45N/c1-35-16-14-23-46(36(2)34-49(45-21-12-7-13-22-45)51-38(4)39-17-8-5-9-18-39)50(35)48-25-15-24-47(37(48)3)44-32-30-43(31-33-44)42-28-26-41(27-29-42)40-19-10-6-11-20-40/h5-8,10-17,19-30,32,34H,2,9,18,31,33H2,1,3-4H3/b49-34-,51-38?. The Kier molecular flexibility index (Phi) is 10.2. The molecule has 0 saturated heterocycles. The SMILES string of the molecule is C=C(/C=C(\N=C(C)C1=CC=CCC1)c1ccccc1)c1cccc(C)c1-c1cccc(C2=CC=C(c3ccc(-c4ccccc4)cc3)CC2)c1C. The van der Waals surface area contributed by atoms with E-state index in [9.17, 15) is 0 Å². The second-order valence-corrected chi connectivity index (χ2v) is 13.6. The molecule has 1 nitrogen and oxygen atoms in total. The van der Waals surface area contributed by atoms with E-state index in [4.69, 9.17) is 4.99 Å². The molecule has 0 heterocycles. The molecule has 0 N–H and O–H groups in total. The monoisotopic (exact) mass is 659 g/mol. The van der Waals surface area contributed by atoms with Crippen LogP contribution in [0.3, 0.4) is 0 Å². The summed E-state index contributed by atoms with van der Waals surface area (Å²) in [6.07, 6.45) is 17.5. The molecule has 2 aliphatic carbocycles. The highest BCUT2D eigenvalue weighted by molar-refractivity contribution is 6.03. The van der Waals surface area contributed by atoms with E-state index >= 15 is 0 Å². The van der Waals surface area contributed by atoms with E-state index in [1.165, 1.54) is 61.2 Å². The molecule has 0 bridgehead atoms. The maximum absolute atomic E-state index is 5.20. The molecule has 0 saturated carbocycles. The van der Waals surface area contributed by atoms with Crippen molar-refractivity contribution in [1.82, 2.24) is 0 Å². The van der Waals surface area contributed by atoms with Crippen molar-refractivity contribution in [3.05, 3.63) is 203 Å². The Bertz CT molecular complexity index is 2250. The fourth-order valence-corrected chi connectivity index (χ4v) is 7.35. The van der Waals surface area contributed by atoms with Gasteiger partial charge in [0.1, 0.15) is 0 Å². The lowest BCUT2D eigenvalue weighted by Gasteiger charge is -2.21. The van der Waals surface area contributed by atoms with Crippen molar-refractivity contribution in [2.45, 2.75) is 46.5 Å². The topological polar surface area (TPSA) is 12.4 Å². The van der Waals surface area contributed by atoms with Crippen molar-refractivity contribution in [2.24, 2.45) is 4.99 Å². The van der Waals surface area contributed by atoms with Crippen LogP contribution in [-0.4, -0.2) is 5.71 Å². The van der Waals surface area contributed by atoms with Gasteiger partial charge in [0.05, 0.1) is 5.70 Å². The summed E-state index contributed by atoms with van der Waals surface area (Å²) in [6, 6.07) is 43.4. The first-order chi connectivity index (χ1) is 25.0. The molecule has 0 spiro atoms. The number of aliphatic imine (C=N–C) groups is 1. The van der Waals surface area contributed by atoms with Gasteiger partial charge < -0.3 is 0 Å². The number of allylic oxidation sites excluding steroid dienone is 10. The number of hydrogen-bond donors (Lipinski definition) is 0. The van der Waals surface area contributed by atoms with Crippen LogP contribution in [0.2, 0.25) is 0 Å². The zero-order valence-corrected chi connectivity index (χ0v) is 30.0. The second kappa shape index (κ2) is 15.4. The normalized spacial score (nSPS) is 14.8. The minimum absolute atomic E-state index is 0.927. The Morgan fingerprint density at radius 2 is 1.27 bits per heavy atom. The van der Waals surface area contributed by atoms with Crippen molar-refractivity contribution in [2.75, 3.05) is 0 Å². The summed E-state index contributed by atoms with van der Waals surface area (Å²) in [6.45, 7) is 11.3. The lowest BCUT2D eigenvalue weighted by molar-refractivity contribution is 1.00. The van der Waals surface area contributed by atoms with Gasteiger partial charge in [0.25, 0.3) is 0 Å².